The largest absolute Gasteiger partial charge is 0.481 e. The van der Waals surface area contributed by atoms with Crippen molar-refractivity contribution in [3.05, 3.63) is 29.6 Å². The maximum atomic E-state index is 12.1. The van der Waals surface area contributed by atoms with Crippen molar-refractivity contribution in [3.8, 4) is 0 Å². The van der Waals surface area contributed by atoms with E-state index in [0.29, 0.717) is 31.6 Å². The molecule has 2 aromatic rings. The third-order valence-electron chi connectivity index (χ3n) is 4.35. The summed E-state index contributed by atoms with van der Waals surface area (Å²) >= 11 is 0. The van der Waals surface area contributed by atoms with Crippen LogP contribution < -0.4 is 5.32 Å². The smallest absolute Gasteiger partial charge is 0.306 e. The van der Waals surface area contributed by atoms with Gasteiger partial charge in [-0.1, -0.05) is 12.1 Å². The van der Waals surface area contributed by atoms with Gasteiger partial charge < -0.3 is 15.4 Å². The van der Waals surface area contributed by atoms with Crippen molar-refractivity contribution >= 4 is 22.9 Å². The zero-order valence-corrected chi connectivity index (χ0v) is 12.4. The second kappa shape index (κ2) is 5.79. The van der Waals surface area contributed by atoms with E-state index in [9.17, 15) is 9.59 Å². The number of para-hydroxylation sites is 1. The van der Waals surface area contributed by atoms with Crippen LogP contribution in [-0.4, -0.2) is 27.0 Å². The molecule has 0 aliphatic heterocycles. The fourth-order valence-electron chi connectivity index (χ4n) is 3.07. The summed E-state index contributed by atoms with van der Waals surface area (Å²) in [6.07, 6.45) is 1.65. The van der Waals surface area contributed by atoms with E-state index in [-0.39, 0.29) is 17.7 Å². The maximum absolute atomic E-state index is 12.1. The molecule has 1 fully saturated rings. The number of nitrogens with one attached hydrogen (secondary N) is 2. The van der Waals surface area contributed by atoms with Crippen LogP contribution in [0.1, 0.15) is 30.7 Å². The van der Waals surface area contributed by atoms with Gasteiger partial charge in [-0.2, -0.15) is 0 Å². The molecule has 0 bridgehead atoms. The molecule has 1 aliphatic rings. The number of hydrogen-bond donors (Lipinski definition) is 3. The number of imidazole rings is 1. The predicted octanol–water partition coefficient (Wildman–Crippen LogP) is 1.99. The second-order valence-electron chi connectivity index (χ2n) is 5.92. The molecular weight excluding hydrogens is 282 g/mol. The van der Waals surface area contributed by atoms with Crippen molar-refractivity contribution in [2.45, 2.75) is 32.7 Å². The van der Waals surface area contributed by atoms with Gasteiger partial charge in [0.2, 0.25) is 5.91 Å². The molecule has 6 heteroatoms. The molecule has 0 radical (unpaired) electrons. The summed E-state index contributed by atoms with van der Waals surface area (Å²) in [5, 5.41) is 11.8. The second-order valence-corrected chi connectivity index (χ2v) is 5.92. The van der Waals surface area contributed by atoms with E-state index in [1.807, 2.05) is 25.1 Å². The average Bonchev–Trinajstić information content (AvgIpc) is 3.12. The van der Waals surface area contributed by atoms with Gasteiger partial charge >= 0.3 is 5.97 Å². The molecule has 1 heterocycles. The monoisotopic (exact) mass is 301 g/mol. The number of fused-ring (bicyclic) bond motifs is 1. The Balaban J connectivity index is 1.61. The van der Waals surface area contributed by atoms with Crippen LogP contribution in [0.25, 0.3) is 11.0 Å². The number of carbonyl (C=O) groups is 2. The SMILES string of the molecule is Cc1cccc2[nH]c(CNC(=O)[C@H]3CC[C@@H](C(=O)O)C3)nc12. The topological polar surface area (TPSA) is 95.1 Å². The lowest BCUT2D eigenvalue weighted by atomic mass is 10.0. The van der Waals surface area contributed by atoms with Gasteiger partial charge in [-0.25, -0.2) is 4.98 Å². The summed E-state index contributed by atoms with van der Waals surface area (Å²) in [6.45, 7) is 2.33. The third kappa shape index (κ3) is 2.81. The number of nitrogens with zero attached hydrogens (tertiary/aromatic N) is 1. The highest BCUT2D eigenvalue weighted by atomic mass is 16.4. The Morgan fingerprint density at radius 3 is 2.82 bits per heavy atom. The van der Waals surface area contributed by atoms with Crippen LogP contribution in [0.5, 0.6) is 0 Å². The van der Waals surface area contributed by atoms with Crippen LogP contribution in [0.4, 0.5) is 0 Å². The summed E-state index contributed by atoms with van der Waals surface area (Å²) in [7, 11) is 0. The van der Waals surface area contributed by atoms with Crippen LogP contribution >= 0.6 is 0 Å². The Bertz CT molecular complexity index is 722. The molecule has 1 aromatic heterocycles. The van der Waals surface area contributed by atoms with Gasteiger partial charge in [0.15, 0.2) is 0 Å². The van der Waals surface area contributed by atoms with Crippen molar-refractivity contribution in [1.82, 2.24) is 15.3 Å². The van der Waals surface area contributed by atoms with Gasteiger partial charge in [0.05, 0.1) is 23.5 Å². The van der Waals surface area contributed by atoms with E-state index in [1.54, 1.807) is 0 Å². The van der Waals surface area contributed by atoms with Crippen LogP contribution in [0, 0.1) is 18.8 Å². The zero-order chi connectivity index (χ0) is 15.7. The molecule has 22 heavy (non-hydrogen) atoms. The first-order valence-corrected chi connectivity index (χ1v) is 7.49. The fraction of sp³-hybridized carbons (Fsp3) is 0.438. The van der Waals surface area contributed by atoms with E-state index in [0.717, 1.165) is 16.6 Å². The van der Waals surface area contributed by atoms with Crippen LogP contribution in [0.15, 0.2) is 18.2 Å². The molecule has 1 aromatic carbocycles. The lowest BCUT2D eigenvalue weighted by Gasteiger charge is -2.09. The number of aryl methyl sites for hydroxylation is 1. The quantitative estimate of drug-likeness (QED) is 0.804. The molecule has 6 nitrogen and oxygen atoms in total. The summed E-state index contributed by atoms with van der Waals surface area (Å²) in [4.78, 5) is 30.7. The number of rotatable bonds is 4. The average molecular weight is 301 g/mol. The number of carbonyl (C=O) groups excluding carboxylic acids is 1. The van der Waals surface area contributed by atoms with Gasteiger partial charge in [0, 0.05) is 5.92 Å². The minimum absolute atomic E-state index is 0.0825. The molecule has 0 unspecified atom stereocenters. The number of aromatic amines is 1. The first-order chi connectivity index (χ1) is 10.5. The van der Waals surface area contributed by atoms with Gasteiger partial charge in [0.1, 0.15) is 5.82 Å². The first kappa shape index (κ1) is 14.6. The fourth-order valence-corrected chi connectivity index (χ4v) is 3.07. The number of carboxylic acids is 1. The lowest BCUT2D eigenvalue weighted by Crippen LogP contribution is -2.29. The molecule has 1 amide bonds. The molecule has 2 atom stereocenters. The number of aliphatic carboxylic acids is 1. The van der Waals surface area contributed by atoms with Crippen molar-refractivity contribution < 1.29 is 14.7 Å². The summed E-state index contributed by atoms with van der Waals surface area (Å²) in [6, 6.07) is 5.91. The van der Waals surface area contributed by atoms with Crippen LogP contribution in [0.3, 0.4) is 0 Å². The number of aromatic nitrogens is 2. The minimum Gasteiger partial charge on any atom is -0.481 e. The van der Waals surface area contributed by atoms with E-state index in [1.165, 1.54) is 0 Å². The third-order valence-corrected chi connectivity index (χ3v) is 4.35. The highest BCUT2D eigenvalue weighted by Gasteiger charge is 2.33. The van der Waals surface area contributed by atoms with E-state index >= 15 is 0 Å². The van der Waals surface area contributed by atoms with Crippen molar-refractivity contribution in [2.75, 3.05) is 0 Å². The van der Waals surface area contributed by atoms with Gasteiger partial charge in [0.25, 0.3) is 0 Å². The number of carboxylic acid groups (broad SMARTS) is 1. The molecule has 0 spiro atoms. The minimum atomic E-state index is -0.803. The van der Waals surface area contributed by atoms with Crippen molar-refractivity contribution in [2.24, 2.45) is 11.8 Å². The van der Waals surface area contributed by atoms with Gasteiger partial charge in [-0.05, 0) is 37.8 Å². The summed E-state index contributed by atoms with van der Waals surface area (Å²) in [5.41, 5.74) is 2.96. The Hall–Kier alpha value is -2.37. The van der Waals surface area contributed by atoms with Crippen molar-refractivity contribution in [1.29, 1.82) is 0 Å². The van der Waals surface area contributed by atoms with Gasteiger partial charge in [-0.15, -0.1) is 0 Å². The Morgan fingerprint density at radius 1 is 1.36 bits per heavy atom. The molecule has 3 rings (SSSR count). The van der Waals surface area contributed by atoms with Crippen LogP contribution in [0.2, 0.25) is 0 Å². The Labute approximate surface area is 127 Å². The standard InChI is InChI=1S/C16H19N3O3/c1-9-3-2-4-12-14(9)19-13(18-12)8-17-15(20)10-5-6-11(7-10)16(21)22/h2-4,10-11H,5-8H2,1H3,(H,17,20)(H,18,19)(H,21,22)/t10-,11+/m0/s1. The van der Waals surface area contributed by atoms with E-state index < -0.39 is 5.97 Å². The normalized spacial score (nSPS) is 21.1. The first-order valence-electron chi connectivity index (χ1n) is 7.49. The maximum Gasteiger partial charge on any atom is 0.306 e. The van der Waals surface area contributed by atoms with Crippen LogP contribution in [-0.2, 0) is 16.1 Å². The number of H-pyrrole nitrogens is 1. The lowest BCUT2D eigenvalue weighted by molar-refractivity contribution is -0.141. The molecule has 1 saturated carbocycles. The number of benzene rings is 1. The van der Waals surface area contributed by atoms with E-state index in [2.05, 4.69) is 15.3 Å². The predicted molar refractivity (Wildman–Crippen MR) is 81.1 cm³/mol. The summed E-state index contributed by atoms with van der Waals surface area (Å²) < 4.78 is 0. The number of amides is 1. The Kier molecular flexibility index (Phi) is 3.83. The molecular formula is C16H19N3O3. The summed E-state index contributed by atoms with van der Waals surface area (Å²) in [5.74, 6) is -0.758. The Morgan fingerprint density at radius 2 is 2.14 bits per heavy atom. The number of hydrogen-bond acceptors (Lipinski definition) is 3. The highest BCUT2D eigenvalue weighted by Crippen LogP contribution is 2.31. The van der Waals surface area contributed by atoms with Crippen molar-refractivity contribution in [3.63, 3.8) is 0 Å². The molecule has 3 N–H and O–H groups in total. The van der Waals surface area contributed by atoms with Gasteiger partial charge in [-0.3, -0.25) is 9.59 Å². The molecule has 0 saturated heterocycles. The molecule has 1 aliphatic carbocycles. The van der Waals surface area contributed by atoms with E-state index in [4.69, 9.17) is 5.11 Å². The highest BCUT2D eigenvalue weighted by molar-refractivity contribution is 5.81. The zero-order valence-electron chi connectivity index (χ0n) is 12.4. The molecule has 116 valence electrons.